The minimum atomic E-state index is -5.02. The molecule has 3 aliphatic heterocycles. The van der Waals surface area contributed by atoms with Crippen molar-refractivity contribution >= 4 is 40.3 Å². The van der Waals surface area contributed by atoms with Crippen LogP contribution in [0.4, 0.5) is 13.2 Å². The molecule has 0 N–H and O–H groups in total. The summed E-state index contributed by atoms with van der Waals surface area (Å²) in [6, 6.07) is 2.92. The number of benzene rings is 1. The fourth-order valence-corrected chi connectivity index (χ4v) is 8.24. The molecule has 1 aliphatic carbocycles. The first-order chi connectivity index (χ1) is 25.4. The Kier molecular flexibility index (Phi) is 10.6. The van der Waals surface area contributed by atoms with Gasteiger partial charge < -0.3 is 23.8 Å². The average molecular weight is 757 g/mol. The van der Waals surface area contributed by atoms with Gasteiger partial charge in [-0.1, -0.05) is 25.0 Å². The quantitative estimate of drug-likeness (QED) is 0.232. The molecule has 1 spiro atoms. The molecule has 4 heterocycles. The number of rotatable bonds is 5. The number of ether oxygens (including phenoxy) is 4. The second kappa shape index (κ2) is 14.6. The summed E-state index contributed by atoms with van der Waals surface area (Å²) in [5, 5.41) is 0.110. The highest BCUT2D eigenvalue weighted by molar-refractivity contribution is 6.11. The van der Waals surface area contributed by atoms with Crippen molar-refractivity contribution < 1.29 is 56.1 Å². The van der Waals surface area contributed by atoms with Crippen LogP contribution in [-0.4, -0.2) is 76.8 Å². The number of allylic oxidation sites excluding steroid dienone is 2. The molecule has 4 aliphatic rings. The third-order valence-electron chi connectivity index (χ3n) is 10.8. The summed E-state index contributed by atoms with van der Waals surface area (Å²) in [4.78, 5) is 74.9. The minimum Gasteiger partial charge on any atom is -0.497 e. The SMILES string of the molecule is CCOC(=O)[C@]12CC(=O)[C@@H]3C[C@]4(CC(=O)c5c(c(C(F)(F)F)nc6ccc(OC)cc56)O4)CN3C(=O)[C@@H](CC(=O)OC(C)(C)C)CCCCC/C=C\[C@@H]1C2. The summed E-state index contributed by atoms with van der Waals surface area (Å²) in [5.41, 5.74) is -5.52. The van der Waals surface area contributed by atoms with E-state index in [1.165, 1.54) is 30.2 Å². The van der Waals surface area contributed by atoms with E-state index in [0.29, 0.717) is 25.0 Å². The van der Waals surface area contributed by atoms with E-state index in [4.69, 9.17) is 18.9 Å². The molecule has 292 valence electrons. The third kappa shape index (κ3) is 7.84. The predicted octanol–water partition coefficient (Wildman–Crippen LogP) is 6.96. The van der Waals surface area contributed by atoms with Crippen LogP contribution in [0.5, 0.6) is 11.5 Å². The van der Waals surface area contributed by atoms with Gasteiger partial charge in [-0.3, -0.25) is 24.0 Å². The number of halogens is 3. The lowest BCUT2D eigenvalue weighted by Crippen LogP contribution is -2.48. The topological polar surface area (TPSA) is 138 Å². The monoisotopic (exact) mass is 756 g/mol. The summed E-state index contributed by atoms with van der Waals surface area (Å²) >= 11 is 0. The molecule has 11 nitrogen and oxygen atoms in total. The number of hydrogen-bond donors (Lipinski definition) is 0. The number of aromatic nitrogens is 1. The Balaban J connectivity index is 1.43. The van der Waals surface area contributed by atoms with E-state index >= 15 is 0 Å². The lowest BCUT2D eigenvalue weighted by atomic mass is 9.84. The van der Waals surface area contributed by atoms with Gasteiger partial charge in [0.05, 0.1) is 55.6 Å². The first-order valence-corrected chi connectivity index (χ1v) is 18.6. The van der Waals surface area contributed by atoms with Crippen molar-refractivity contribution in [2.75, 3.05) is 20.3 Å². The number of esters is 2. The van der Waals surface area contributed by atoms with Crippen LogP contribution in [-0.2, 0) is 34.8 Å². The lowest BCUT2D eigenvalue weighted by molar-refractivity contribution is -0.159. The molecule has 1 aromatic carbocycles. The van der Waals surface area contributed by atoms with E-state index in [0.717, 1.165) is 19.3 Å². The van der Waals surface area contributed by atoms with E-state index < -0.39 is 88.6 Å². The number of nitrogens with zero attached hydrogens (tertiary/aromatic N) is 2. The summed E-state index contributed by atoms with van der Waals surface area (Å²) < 4.78 is 66.5. The highest BCUT2D eigenvalue weighted by Crippen LogP contribution is 2.58. The highest BCUT2D eigenvalue weighted by atomic mass is 19.4. The Labute approximate surface area is 311 Å². The van der Waals surface area contributed by atoms with Gasteiger partial charge >= 0.3 is 18.1 Å². The maximum absolute atomic E-state index is 14.7. The largest absolute Gasteiger partial charge is 0.497 e. The van der Waals surface area contributed by atoms with Crippen LogP contribution in [0.15, 0.2) is 30.4 Å². The molecular formula is C40H47F3N2O9. The summed E-state index contributed by atoms with van der Waals surface area (Å²) in [6.45, 7) is 6.48. The van der Waals surface area contributed by atoms with Gasteiger partial charge in [0.15, 0.2) is 23.0 Å². The summed E-state index contributed by atoms with van der Waals surface area (Å²) in [5.74, 6) is -4.57. The van der Waals surface area contributed by atoms with Gasteiger partial charge in [0.25, 0.3) is 0 Å². The van der Waals surface area contributed by atoms with E-state index in [9.17, 15) is 37.1 Å². The van der Waals surface area contributed by atoms with Crippen LogP contribution >= 0.6 is 0 Å². The van der Waals surface area contributed by atoms with Gasteiger partial charge in [-0.2, -0.15) is 13.2 Å². The number of carbonyl (C=O) groups is 5. The molecule has 6 rings (SSSR count). The van der Waals surface area contributed by atoms with Gasteiger partial charge in [-0.25, -0.2) is 4.98 Å². The van der Waals surface area contributed by atoms with Crippen LogP contribution in [0.2, 0.25) is 0 Å². The maximum Gasteiger partial charge on any atom is 0.437 e. The molecule has 0 unspecified atom stereocenters. The van der Waals surface area contributed by atoms with Gasteiger partial charge in [0, 0.05) is 24.1 Å². The molecule has 1 saturated carbocycles. The molecule has 2 aromatic rings. The third-order valence-corrected chi connectivity index (χ3v) is 10.8. The second-order valence-electron chi connectivity index (χ2n) is 16.0. The van der Waals surface area contributed by atoms with Gasteiger partial charge in [-0.05, 0) is 77.5 Å². The van der Waals surface area contributed by atoms with E-state index in [2.05, 4.69) is 4.98 Å². The molecule has 54 heavy (non-hydrogen) atoms. The molecule has 1 aromatic heterocycles. The fourth-order valence-electron chi connectivity index (χ4n) is 8.24. The number of hydrogen-bond acceptors (Lipinski definition) is 10. The van der Waals surface area contributed by atoms with Crippen molar-refractivity contribution in [2.24, 2.45) is 17.3 Å². The molecule has 5 atom stereocenters. The second-order valence-corrected chi connectivity index (χ2v) is 16.0. The van der Waals surface area contributed by atoms with Crippen molar-refractivity contribution in [2.45, 2.75) is 115 Å². The molecule has 1 saturated heterocycles. The predicted molar refractivity (Wildman–Crippen MR) is 189 cm³/mol. The first-order valence-electron chi connectivity index (χ1n) is 18.6. The van der Waals surface area contributed by atoms with E-state index in [1.807, 2.05) is 12.2 Å². The van der Waals surface area contributed by atoms with Crippen molar-refractivity contribution in [1.82, 2.24) is 9.88 Å². The molecule has 14 heteroatoms. The van der Waals surface area contributed by atoms with E-state index in [-0.39, 0.29) is 48.3 Å². The Bertz CT molecular complexity index is 1890. The minimum absolute atomic E-state index is 0.0819. The Hall–Kier alpha value is -4.49. The molecule has 0 bridgehead atoms. The zero-order valence-electron chi connectivity index (χ0n) is 31.3. The van der Waals surface area contributed by atoms with Crippen LogP contribution in [0.25, 0.3) is 10.9 Å². The Morgan fingerprint density at radius 3 is 2.50 bits per heavy atom. The van der Waals surface area contributed by atoms with Crippen molar-refractivity contribution in [3.05, 3.63) is 41.6 Å². The Morgan fingerprint density at radius 2 is 1.81 bits per heavy atom. The van der Waals surface area contributed by atoms with E-state index in [1.54, 1.807) is 27.7 Å². The fraction of sp³-hybridized carbons (Fsp3) is 0.600. The molecule has 2 fully saturated rings. The van der Waals surface area contributed by atoms with Crippen LogP contribution in [0.3, 0.4) is 0 Å². The molecular weight excluding hydrogens is 709 g/mol. The summed E-state index contributed by atoms with van der Waals surface area (Å²) in [7, 11) is 1.38. The smallest absolute Gasteiger partial charge is 0.437 e. The number of alkyl halides is 3. The molecule has 1 amide bonds. The zero-order valence-corrected chi connectivity index (χ0v) is 31.3. The highest BCUT2D eigenvalue weighted by Gasteiger charge is 2.63. The number of carbonyl (C=O) groups excluding carboxylic acids is 5. The zero-order chi connectivity index (χ0) is 39.2. The Morgan fingerprint density at radius 1 is 1.06 bits per heavy atom. The lowest BCUT2D eigenvalue weighted by Gasteiger charge is -2.36. The van der Waals surface area contributed by atoms with Crippen LogP contribution in [0.1, 0.15) is 108 Å². The number of fused-ring (bicyclic) bond motifs is 5. The number of ketones is 2. The number of amides is 1. The van der Waals surface area contributed by atoms with Crippen LogP contribution < -0.4 is 9.47 Å². The van der Waals surface area contributed by atoms with Gasteiger partial charge in [0.2, 0.25) is 5.91 Å². The van der Waals surface area contributed by atoms with Gasteiger partial charge in [-0.15, -0.1) is 0 Å². The van der Waals surface area contributed by atoms with Crippen molar-refractivity contribution in [1.29, 1.82) is 0 Å². The summed E-state index contributed by atoms with van der Waals surface area (Å²) in [6.07, 6.45) is 1.08. The average Bonchev–Trinajstić information content (AvgIpc) is 3.66. The number of Topliss-reactive ketones (excluding diaryl/α,β-unsaturated/α-hetero) is 2. The van der Waals surface area contributed by atoms with Crippen LogP contribution in [0, 0.1) is 17.3 Å². The number of pyridine rings is 1. The van der Waals surface area contributed by atoms with Crippen molar-refractivity contribution in [3.8, 4) is 11.5 Å². The standard InChI is InChI=1S/C40H47F3N2O9/c1-6-52-36(50)39-18-24(39)13-11-9-7-8-10-12-23(16-31(48)53-37(2,3)4)35(49)45-22-38(19-28(45)29(46)21-39)20-30(47)32-26-17-25(51-5)14-15-27(26)44-34(33(32)54-38)40(41,42)43/h11,13-15,17,23-24,28H,6-10,12,16,18-22H2,1-5H3/b13-11-/t23-,24-,28+,38+,39-/m1/s1. The van der Waals surface area contributed by atoms with Crippen molar-refractivity contribution in [3.63, 3.8) is 0 Å². The maximum atomic E-state index is 14.7. The number of methoxy groups -OCH3 is 1. The first kappa shape index (κ1) is 39.2. The molecule has 0 radical (unpaired) electrons. The normalized spacial score (nSPS) is 28.3. The van der Waals surface area contributed by atoms with Gasteiger partial charge in [0.1, 0.15) is 17.0 Å².